The Hall–Kier alpha value is -0.880. The fraction of sp³-hybridized carbons (Fsp3) is 0.500. The van der Waals surface area contributed by atoms with Crippen LogP contribution in [0.2, 0.25) is 0 Å². The largest absolute Gasteiger partial charge is 0.416 e. The van der Waals surface area contributed by atoms with Gasteiger partial charge in [0.25, 0.3) is 0 Å². The lowest BCUT2D eigenvalue weighted by Gasteiger charge is -2.20. The molecule has 0 spiro atoms. The summed E-state index contributed by atoms with van der Waals surface area (Å²) < 4.78 is 37.8. The topological polar surface area (TPSA) is 46.2 Å². The number of rotatable bonds is 2. The minimum atomic E-state index is -4.41. The minimum absolute atomic E-state index is 0.0132. The molecule has 0 bridgehead atoms. The SMILES string of the molecule is Nc1ccc(C(F)(F)F)cc1C(O)C1CCSC1. The van der Waals surface area contributed by atoms with Crippen LogP contribution in [0.3, 0.4) is 0 Å². The third-order valence-corrected chi connectivity index (χ3v) is 4.33. The van der Waals surface area contributed by atoms with Crippen LogP contribution >= 0.6 is 11.8 Å². The Balaban J connectivity index is 2.31. The van der Waals surface area contributed by atoms with Gasteiger partial charge in [0.2, 0.25) is 0 Å². The predicted molar refractivity (Wildman–Crippen MR) is 66.2 cm³/mol. The molecule has 1 aromatic carbocycles. The number of alkyl halides is 3. The monoisotopic (exact) mass is 277 g/mol. The zero-order chi connectivity index (χ0) is 13.3. The van der Waals surface area contributed by atoms with Crippen molar-refractivity contribution in [3.63, 3.8) is 0 Å². The molecule has 100 valence electrons. The molecule has 2 rings (SSSR count). The van der Waals surface area contributed by atoms with Crippen molar-refractivity contribution in [2.24, 2.45) is 5.92 Å². The van der Waals surface area contributed by atoms with Crippen molar-refractivity contribution in [3.05, 3.63) is 29.3 Å². The summed E-state index contributed by atoms with van der Waals surface area (Å²) in [6.07, 6.45) is -4.52. The lowest BCUT2D eigenvalue weighted by molar-refractivity contribution is -0.137. The van der Waals surface area contributed by atoms with Gasteiger partial charge in [-0.1, -0.05) is 0 Å². The van der Waals surface area contributed by atoms with E-state index in [1.807, 2.05) is 0 Å². The number of aliphatic hydroxyl groups is 1. The molecular weight excluding hydrogens is 263 g/mol. The van der Waals surface area contributed by atoms with Gasteiger partial charge in [-0.15, -0.1) is 0 Å². The van der Waals surface area contributed by atoms with E-state index in [2.05, 4.69) is 0 Å². The van der Waals surface area contributed by atoms with E-state index in [0.717, 1.165) is 30.1 Å². The third kappa shape index (κ3) is 2.75. The smallest absolute Gasteiger partial charge is 0.398 e. The van der Waals surface area contributed by atoms with Crippen LogP contribution in [0.1, 0.15) is 23.7 Å². The summed E-state index contributed by atoms with van der Waals surface area (Å²) >= 11 is 1.70. The van der Waals surface area contributed by atoms with Crippen LogP contribution < -0.4 is 5.73 Å². The maximum absolute atomic E-state index is 12.6. The predicted octanol–water partition coefficient (Wildman–Crippen LogP) is 3.07. The summed E-state index contributed by atoms with van der Waals surface area (Å²) in [5.41, 5.74) is 5.31. The van der Waals surface area contributed by atoms with Gasteiger partial charge in [-0.25, -0.2) is 0 Å². The molecular formula is C12H14F3NOS. The van der Waals surface area contributed by atoms with Crippen molar-refractivity contribution in [1.29, 1.82) is 0 Å². The molecule has 1 aromatic rings. The molecule has 0 aliphatic carbocycles. The Labute approximate surface area is 107 Å². The molecule has 6 heteroatoms. The summed E-state index contributed by atoms with van der Waals surface area (Å²) in [6.45, 7) is 0. The first-order chi connectivity index (χ1) is 8.39. The fourth-order valence-electron chi connectivity index (χ4n) is 2.06. The van der Waals surface area contributed by atoms with Crippen LogP contribution in [-0.4, -0.2) is 16.6 Å². The first kappa shape index (κ1) is 13.5. The Morgan fingerprint density at radius 1 is 1.39 bits per heavy atom. The second-order valence-electron chi connectivity index (χ2n) is 4.41. The fourth-order valence-corrected chi connectivity index (χ4v) is 3.35. The molecule has 0 amide bonds. The van der Waals surface area contributed by atoms with Gasteiger partial charge in [-0.2, -0.15) is 24.9 Å². The average molecular weight is 277 g/mol. The third-order valence-electron chi connectivity index (χ3n) is 3.14. The Bertz CT molecular complexity index is 430. The highest BCUT2D eigenvalue weighted by Crippen LogP contribution is 2.38. The number of hydrogen-bond acceptors (Lipinski definition) is 3. The first-order valence-corrected chi connectivity index (χ1v) is 6.77. The maximum atomic E-state index is 12.6. The summed E-state index contributed by atoms with van der Waals surface area (Å²) in [5.74, 6) is 1.68. The summed E-state index contributed by atoms with van der Waals surface area (Å²) in [7, 11) is 0. The van der Waals surface area contributed by atoms with Crippen LogP contribution in [0.5, 0.6) is 0 Å². The van der Waals surface area contributed by atoms with E-state index in [9.17, 15) is 18.3 Å². The number of hydrogen-bond donors (Lipinski definition) is 2. The van der Waals surface area contributed by atoms with Gasteiger partial charge < -0.3 is 10.8 Å². The van der Waals surface area contributed by atoms with E-state index in [4.69, 9.17) is 5.73 Å². The number of benzene rings is 1. The molecule has 0 saturated carbocycles. The van der Waals surface area contributed by atoms with E-state index in [0.29, 0.717) is 0 Å². The van der Waals surface area contributed by atoms with Gasteiger partial charge >= 0.3 is 6.18 Å². The molecule has 2 unspecified atom stereocenters. The highest BCUT2D eigenvalue weighted by molar-refractivity contribution is 7.99. The van der Waals surface area contributed by atoms with Gasteiger partial charge in [0.1, 0.15) is 0 Å². The second-order valence-corrected chi connectivity index (χ2v) is 5.56. The van der Waals surface area contributed by atoms with Crippen molar-refractivity contribution >= 4 is 17.4 Å². The lowest BCUT2D eigenvalue weighted by atomic mass is 9.93. The molecule has 1 heterocycles. The number of anilines is 1. The summed E-state index contributed by atoms with van der Waals surface area (Å²) in [6, 6.07) is 3.11. The van der Waals surface area contributed by atoms with Crippen LogP contribution in [0.4, 0.5) is 18.9 Å². The Morgan fingerprint density at radius 3 is 2.67 bits per heavy atom. The molecule has 1 fully saturated rings. The van der Waals surface area contributed by atoms with Crippen LogP contribution in [-0.2, 0) is 6.18 Å². The number of halogens is 3. The van der Waals surface area contributed by atoms with E-state index in [1.165, 1.54) is 6.07 Å². The molecule has 1 aliphatic heterocycles. The van der Waals surface area contributed by atoms with Gasteiger partial charge in [0.05, 0.1) is 11.7 Å². The average Bonchev–Trinajstić information content (AvgIpc) is 2.80. The lowest BCUT2D eigenvalue weighted by Crippen LogP contribution is -2.15. The van der Waals surface area contributed by atoms with E-state index in [-0.39, 0.29) is 17.2 Å². The zero-order valence-corrected chi connectivity index (χ0v) is 10.4. The molecule has 0 aromatic heterocycles. The Morgan fingerprint density at radius 2 is 2.11 bits per heavy atom. The molecule has 1 aliphatic rings. The second kappa shape index (κ2) is 5.01. The van der Waals surface area contributed by atoms with Gasteiger partial charge in [-0.05, 0) is 42.0 Å². The molecule has 18 heavy (non-hydrogen) atoms. The molecule has 1 saturated heterocycles. The summed E-state index contributed by atoms with van der Waals surface area (Å²) in [5, 5.41) is 10.1. The number of aliphatic hydroxyl groups excluding tert-OH is 1. The zero-order valence-electron chi connectivity index (χ0n) is 9.57. The molecule has 2 atom stereocenters. The molecule has 3 N–H and O–H groups in total. The van der Waals surface area contributed by atoms with Crippen molar-refractivity contribution in [2.45, 2.75) is 18.7 Å². The van der Waals surface area contributed by atoms with Crippen LogP contribution in [0.15, 0.2) is 18.2 Å². The van der Waals surface area contributed by atoms with E-state index in [1.54, 1.807) is 11.8 Å². The Kier molecular flexibility index (Phi) is 3.77. The van der Waals surface area contributed by atoms with Crippen LogP contribution in [0, 0.1) is 5.92 Å². The minimum Gasteiger partial charge on any atom is -0.398 e. The molecule has 2 nitrogen and oxygen atoms in total. The van der Waals surface area contributed by atoms with Gasteiger partial charge in [-0.3, -0.25) is 0 Å². The number of thioether (sulfide) groups is 1. The summed E-state index contributed by atoms with van der Waals surface area (Å²) in [4.78, 5) is 0. The first-order valence-electron chi connectivity index (χ1n) is 5.62. The van der Waals surface area contributed by atoms with E-state index >= 15 is 0 Å². The normalized spacial score (nSPS) is 22.1. The number of nitrogens with two attached hydrogens (primary N) is 1. The van der Waals surface area contributed by atoms with Crippen molar-refractivity contribution < 1.29 is 18.3 Å². The van der Waals surface area contributed by atoms with Gasteiger partial charge in [0.15, 0.2) is 0 Å². The number of nitrogen functional groups attached to an aromatic ring is 1. The van der Waals surface area contributed by atoms with Crippen molar-refractivity contribution in [3.8, 4) is 0 Å². The van der Waals surface area contributed by atoms with E-state index < -0.39 is 17.8 Å². The molecule has 0 radical (unpaired) electrons. The maximum Gasteiger partial charge on any atom is 0.416 e. The van der Waals surface area contributed by atoms with Crippen LogP contribution in [0.25, 0.3) is 0 Å². The standard InChI is InChI=1S/C12H14F3NOS/c13-12(14,15)8-1-2-10(16)9(5-8)11(17)7-3-4-18-6-7/h1-2,5,7,11,17H,3-4,6,16H2. The van der Waals surface area contributed by atoms with Crippen molar-refractivity contribution in [1.82, 2.24) is 0 Å². The van der Waals surface area contributed by atoms with Crippen molar-refractivity contribution in [2.75, 3.05) is 17.2 Å². The quantitative estimate of drug-likeness (QED) is 0.817. The highest BCUT2D eigenvalue weighted by atomic mass is 32.2. The van der Waals surface area contributed by atoms with Gasteiger partial charge in [0, 0.05) is 11.3 Å². The highest BCUT2D eigenvalue weighted by Gasteiger charge is 2.33.